The maximum atomic E-state index is 13.2. The number of halogens is 1. The Labute approximate surface area is 84.3 Å². The van der Waals surface area contributed by atoms with Gasteiger partial charge >= 0.3 is 0 Å². The minimum atomic E-state index is -0.0991. The van der Waals surface area contributed by atoms with Crippen LogP contribution < -0.4 is 5.32 Å². The van der Waals surface area contributed by atoms with Crippen molar-refractivity contribution in [2.75, 3.05) is 0 Å². The molecule has 2 rings (SSSR count). The van der Waals surface area contributed by atoms with Crippen LogP contribution in [0, 0.1) is 5.82 Å². The molecule has 1 fully saturated rings. The molecule has 0 bridgehead atoms. The molecule has 0 aromatic heterocycles. The Hall–Kier alpha value is -0.890. The number of benzene rings is 1. The highest BCUT2D eigenvalue weighted by Gasteiger charge is 2.14. The molecule has 1 saturated carbocycles. The van der Waals surface area contributed by atoms with Gasteiger partial charge in [0.15, 0.2) is 0 Å². The van der Waals surface area contributed by atoms with Crippen molar-refractivity contribution in [3.05, 3.63) is 35.6 Å². The van der Waals surface area contributed by atoms with Crippen molar-refractivity contribution in [2.45, 2.75) is 38.3 Å². The Balaban J connectivity index is 1.88. The Kier molecular flexibility index (Phi) is 3.14. The predicted octanol–water partition coefficient (Wildman–Crippen LogP) is 2.86. The van der Waals surface area contributed by atoms with Crippen LogP contribution in [0.25, 0.3) is 0 Å². The van der Waals surface area contributed by atoms with E-state index in [2.05, 4.69) is 5.32 Å². The summed E-state index contributed by atoms with van der Waals surface area (Å²) in [6.45, 7) is 0.664. The quantitative estimate of drug-likeness (QED) is 0.778. The third-order valence-corrected chi connectivity index (χ3v) is 2.89. The molecule has 0 atom stereocenters. The van der Waals surface area contributed by atoms with Crippen molar-refractivity contribution in [2.24, 2.45) is 0 Å². The van der Waals surface area contributed by atoms with Gasteiger partial charge in [0.2, 0.25) is 0 Å². The highest BCUT2D eigenvalue weighted by Crippen LogP contribution is 2.18. The molecule has 0 radical (unpaired) electrons. The predicted molar refractivity (Wildman–Crippen MR) is 55.5 cm³/mol. The van der Waals surface area contributed by atoms with Gasteiger partial charge in [-0.15, -0.1) is 0 Å². The van der Waals surface area contributed by atoms with Crippen molar-refractivity contribution in [1.29, 1.82) is 0 Å². The summed E-state index contributed by atoms with van der Waals surface area (Å²) < 4.78 is 13.2. The number of rotatable bonds is 3. The van der Waals surface area contributed by atoms with Gasteiger partial charge in [0.05, 0.1) is 0 Å². The van der Waals surface area contributed by atoms with Gasteiger partial charge in [0.1, 0.15) is 5.82 Å². The van der Waals surface area contributed by atoms with Gasteiger partial charge in [0.25, 0.3) is 0 Å². The first-order valence-electron chi connectivity index (χ1n) is 5.33. The SMILES string of the molecule is Fc1ccccc1CNC1CCCC1. The van der Waals surface area contributed by atoms with Crippen LogP contribution >= 0.6 is 0 Å². The van der Waals surface area contributed by atoms with E-state index in [1.54, 1.807) is 6.07 Å². The van der Waals surface area contributed by atoms with Crippen molar-refractivity contribution in [1.82, 2.24) is 5.32 Å². The average molecular weight is 193 g/mol. The van der Waals surface area contributed by atoms with Gasteiger partial charge in [-0.3, -0.25) is 0 Å². The van der Waals surface area contributed by atoms with E-state index in [0.717, 1.165) is 5.56 Å². The lowest BCUT2D eigenvalue weighted by atomic mass is 10.2. The molecule has 0 saturated heterocycles. The van der Waals surface area contributed by atoms with Crippen LogP contribution in [0.3, 0.4) is 0 Å². The van der Waals surface area contributed by atoms with Gasteiger partial charge in [-0.05, 0) is 18.9 Å². The normalized spacial score (nSPS) is 17.5. The standard InChI is InChI=1S/C12H16FN/c13-12-8-4-1-5-10(12)9-14-11-6-2-3-7-11/h1,4-5,8,11,14H,2-3,6-7,9H2. The largest absolute Gasteiger partial charge is 0.310 e. The van der Waals surface area contributed by atoms with E-state index >= 15 is 0 Å². The van der Waals surface area contributed by atoms with Gasteiger partial charge in [-0.1, -0.05) is 31.0 Å². The third kappa shape index (κ3) is 2.32. The van der Waals surface area contributed by atoms with Crippen LogP contribution in [0.5, 0.6) is 0 Å². The zero-order valence-corrected chi connectivity index (χ0v) is 8.30. The molecule has 0 spiro atoms. The number of hydrogen-bond donors (Lipinski definition) is 1. The molecule has 1 aromatic carbocycles. The summed E-state index contributed by atoms with van der Waals surface area (Å²) in [4.78, 5) is 0. The van der Waals surface area contributed by atoms with Crippen LogP contribution in [0.1, 0.15) is 31.2 Å². The van der Waals surface area contributed by atoms with Crippen LogP contribution in [-0.4, -0.2) is 6.04 Å². The molecule has 0 amide bonds. The van der Waals surface area contributed by atoms with E-state index in [4.69, 9.17) is 0 Å². The van der Waals surface area contributed by atoms with Gasteiger partial charge in [-0.2, -0.15) is 0 Å². The van der Waals surface area contributed by atoms with E-state index in [-0.39, 0.29) is 5.82 Å². The van der Waals surface area contributed by atoms with Gasteiger partial charge < -0.3 is 5.32 Å². The summed E-state index contributed by atoms with van der Waals surface area (Å²) in [6, 6.07) is 7.58. The number of hydrogen-bond acceptors (Lipinski definition) is 1. The summed E-state index contributed by atoms with van der Waals surface area (Å²) in [5.41, 5.74) is 0.777. The van der Waals surface area contributed by atoms with Crippen LogP contribution in [0.2, 0.25) is 0 Å². The van der Waals surface area contributed by atoms with E-state index in [1.165, 1.54) is 31.7 Å². The minimum Gasteiger partial charge on any atom is -0.310 e. The fourth-order valence-corrected chi connectivity index (χ4v) is 2.03. The molecule has 14 heavy (non-hydrogen) atoms. The van der Waals surface area contributed by atoms with E-state index in [0.29, 0.717) is 12.6 Å². The molecule has 1 nitrogen and oxygen atoms in total. The molecule has 1 aliphatic carbocycles. The highest BCUT2D eigenvalue weighted by molar-refractivity contribution is 5.17. The molecule has 1 aromatic rings. The molecule has 0 aliphatic heterocycles. The molecular formula is C12H16FN. The highest BCUT2D eigenvalue weighted by atomic mass is 19.1. The molecule has 76 valence electrons. The van der Waals surface area contributed by atoms with Crippen molar-refractivity contribution in [3.8, 4) is 0 Å². The van der Waals surface area contributed by atoms with Crippen LogP contribution in [0.15, 0.2) is 24.3 Å². The molecule has 1 aliphatic rings. The van der Waals surface area contributed by atoms with E-state index in [1.807, 2.05) is 12.1 Å². The monoisotopic (exact) mass is 193 g/mol. The zero-order valence-electron chi connectivity index (χ0n) is 8.30. The molecule has 0 heterocycles. The van der Waals surface area contributed by atoms with Crippen LogP contribution in [-0.2, 0) is 6.54 Å². The van der Waals surface area contributed by atoms with Crippen molar-refractivity contribution < 1.29 is 4.39 Å². The lowest BCUT2D eigenvalue weighted by Crippen LogP contribution is -2.25. The van der Waals surface area contributed by atoms with Gasteiger partial charge in [-0.25, -0.2) is 4.39 Å². The summed E-state index contributed by atoms with van der Waals surface area (Å²) in [6.07, 6.45) is 5.12. The smallest absolute Gasteiger partial charge is 0.127 e. The van der Waals surface area contributed by atoms with Crippen molar-refractivity contribution in [3.63, 3.8) is 0 Å². The second-order valence-corrected chi connectivity index (χ2v) is 3.95. The van der Waals surface area contributed by atoms with Gasteiger partial charge in [0, 0.05) is 18.2 Å². The maximum Gasteiger partial charge on any atom is 0.127 e. The molecule has 1 N–H and O–H groups in total. The Morgan fingerprint density at radius 2 is 1.93 bits per heavy atom. The first kappa shape index (κ1) is 9.66. The first-order valence-corrected chi connectivity index (χ1v) is 5.33. The third-order valence-electron chi connectivity index (χ3n) is 2.89. The average Bonchev–Trinajstić information content (AvgIpc) is 2.69. The Morgan fingerprint density at radius 1 is 1.21 bits per heavy atom. The summed E-state index contributed by atoms with van der Waals surface area (Å²) in [5, 5.41) is 3.40. The van der Waals surface area contributed by atoms with E-state index in [9.17, 15) is 4.39 Å². The minimum absolute atomic E-state index is 0.0991. The Bertz CT molecular complexity index is 292. The fourth-order valence-electron chi connectivity index (χ4n) is 2.03. The summed E-state index contributed by atoms with van der Waals surface area (Å²) >= 11 is 0. The summed E-state index contributed by atoms with van der Waals surface area (Å²) in [7, 11) is 0. The lowest BCUT2D eigenvalue weighted by Gasteiger charge is -2.11. The van der Waals surface area contributed by atoms with Crippen LogP contribution in [0.4, 0.5) is 4.39 Å². The fraction of sp³-hybridized carbons (Fsp3) is 0.500. The molecule has 0 unspecified atom stereocenters. The molecular weight excluding hydrogens is 177 g/mol. The second kappa shape index (κ2) is 4.56. The topological polar surface area (TPSA) is 12.0 Å². The zero-order chi connectivity index (χ0) is 9.80. The first-order chi connectivity index (χ1) is 6.86. The molecule has 2 heteroatoms. The Morgan fingerprint density at radius 3 is 2.64 bits per heavy atom. The van der Waals surface area contributed by atoms with E-state index < -0.39 is 0 Å². The summed E-state index contributed by atoms with van der Waals surface area (Å²) in [5.74, 6) is -0.0991. The lowest BCUT2D eigenvalue weighted by molar-refractivity contribution is 0.509. The maximum absolute atomic E-state index is 13.2. The van der Waals surface area contributed by atoms with Crippen molar-refractivity contribution >= 4 is 0 Å². The second-order valence-electron chi connectivity index (χ2n) is 3.95. The number of nitrogens with one attached hydrogen (secondary N) is 1.